The first-order chi connectivity index (χ1) is 12.8. The molecule has 0 aliphatic carbocycles. The highest BCUT2D eigenvalue weighted by atomic mass is 19.1. The molecule has 2 heterocycles. The van der Waals surface area contributed by atoms with E-state index in [9.17, 15) is 9.18 Å². The van der Waals surface area contributed by atoms with E-state index in [2.05, 4.69) is 36.1 Å². The number of piperidine rings is 1. The van der Waals surface area contributed by atoms with E-state index in [1.807, 2.05) is 17.7 Å². The van der Waals surface area contributed by atoms with Gasteiger partial charge in [0.25, 0.3) is 5.91 Å². The first-order valence-electron chi connectivity index (χ1n) is 9.68. The van der Waals surface area contributed by atoms with Crippen molar-refractivity contribution in [2.24, 2.45) is 0 Å². The van der Waals surface area contributed by atoms with Gasteiger partial charge in [-0.3, -0.25) is 9.48 Å². The molecule has 1 N–H and O–H groups in total. The highest BCUT2D eigenvalue weighted by Gasteiger charge is 2.26. The van der Waals surface area contributed by atoms with Crippen molar-refractivity contribution < 1.29 is 9.18 Å². The van der Waals surface area contributed by atoms with E-state index < -0.39 is 0 Å². The Hall–Kier alpha value is -2.37. The standard InChI is InChI=1S/C21H29FN4O/c1-5-19-18(13-23-26(19)21(2,3)4)20(27)24-16-9-7-11-25(14-16)17-10-6-8-15(22)12-17/h6,8,10,12-13,16H,5,7,9,11,14H2,1-4H3,(H,24,27). The van der Waals surface area contributed by atoms with Gasteiger partial charge in [0.2, 0.25) is 0 Å². The molecule has 1 atom stereocenters. The number of benzene rings is 1. The van der Waals surface area contributed by atoms with Crippen LogP contribution in [0.2, 0.25) is 0 Å². The quantitative estimate of drug-likeness (QED) is 0.889. The van der Waals surface area contributed by atoms with Gasteiger partial charge in [0.05, 0.1) is 23.0 Å². The number of rotatable bonds is 4. The summed E-state index contributed by atoms with van der Waals surface area (Å²) in [6, 6.07) is 6.67. The Bertz CT molecular complexity index is 809. The van der Waals surface area contributed by atoms with Crippen molar-refractivity contribution >= 4 is 11.6 Å². The summed E-state index contributed by atoms with van der Waals surface area (Å²) in [5.74, 6) is -0.311. The molecule has 1 unspecified atom stereocenters. The van der Waals surface area contributed by atoms with Gasteiger partial charge in [-0.25, -0.2) is 4.39 Å². The number of aromatic nitrogens is 2. The Kier molecular flexibility index (Phi) is 5.53. The van der Waals surface area contributed by atoms with Crippen LogP contribution in [0, 0.1) is 5.82 Å². The maximum absolute atomic E-state index is 13.5. The third kappa shape index (κ3) is 4.31. The van der Waals surface area contributed by atoms with E-state index in [0.717, 1.165) is 37.2 Å². The lowest BCUT2D eigenvalue weighted by atomic mass is 10.0. The lowest BCUT2D eigenvalue weighted by molar-refractivity contribution is 0.0932. The molecular weight excluding hydrogens is 343 g/mol. The number of hydrogen-bond donors (Lipinski definition) is 1. The third-order valence-corrected chi connectivity index (χ3v) is 5.01. The smallest absolute Gasteiger partial charge is 0.255 e. The molecule has 2 aromatic rings. The highest BCUT2D eigenvalue weighted by Crippen LogP contribution is 2.22. The summed E-state index contributed by atoms with van der Waals surface area (Å²) in [6.45, 7) is 9.85. The molecule has 1 aromatic carbocycles. The Morgan fingerprint density at radius 2 is 2.15 bits per heavy atom. The van der Waals surface area contributed by atoms with Crippen molar-refractivity contribution in [1.82, 2.24) is 15.1 Å². The molecular formula is C21H29FN4O. The van der Waals surface area contributed by atoms with E-state index in [4.69, 9.17) is 0 Å². The number of nitrogens with zero attached hydrogens (tertiary/aromatic N) is 3. The fourth-order valence-corrected chi connectivity index (χ4v) is 3.75. The molecule has 1 aromatic heterocycles. The molecule has 0 radical (unpaired) electrons. The van der Waals surface area contributed by atoms with Crippen LogP contribution in [-0.2, 0) is 12.0 Å². The topological polar surface area (TPSA) is 50.2 Å². The maximum atomic E-state index is 13.5. The molecule has 5 nitrogen and oxygen atoms in total. The zero-order valence-corrected chi connectivity index (χ0v) is 16.6. The third-order valence-electron chi connectivity index (χ3n) is 5.01. The monoisotopic (exact) mass is 372 g/mol. The van der Waals surface area contributed by atoms with E-state index in [1.165, 1.54) is 6.07 Å². The number of amides is 1. The van der Waals surface area contributed by atoms with Crippen LogP contribution in [-0.4, -0.2) is 34.8 Å². The minimum absolute atomic E-state index is 0.0391. The summed E-state index contributed by atoms with van der Waals surface area (Å²) < 4.78 is 15.5. The van der Waals surface area contributed by atoms with Crippen molar-refractivity contribution in [3.63, 3.8) is 0 Å². The molecule has 1 saturated heterocycles. The molecule has 1 aliphatic heterocycles. The van der Waals surface area contributed by atoms with Gasteiger partial charge in [-0.15, -0.1) is 0 Å². The Morgan fingerprint density at radius 1 is 1.37 bits per heavy atom. The highest BCUT2D eigenvalue weighted by molar-refractivity contribution is 5.95. The zero-order valence-electron chi connectivity index (χ0n) is 16.6. The summed E-state index contributed by atoms with van der Waals surface area (Å²) in [5, 5.41) is 7.61. The molecule has 27 heavy (non-hydrogen) atoms. The molecule has 6 heteroatoms. The number of hydrogen-bond acceptors (Lipinski definition) is 3. The van der Waals surface area contributed by atoms with Crippen molar-refractivity contribution in [1.29, 1.82) is 0 Å². The summed E-state index contributed by atoms with van der Waals surface area (Å²) in [7, 11) is 0. The van der Waals surface area contributed by atoms with Crippen LogP contribution in [0.1, 0.15) is 56.6 Å². The predicted molar refractivity (Wildman–Crippen MR) is 106 cm³/mol. The first kappa shape index (κ1) is 19.4. The lowest BCUT2D eigenvalue weighted by Gasteiger charge is -2.34. The van der Waals surface area contributed by atoms with Crippen LogP contribution < -0.4 is 10.2 Å². The Balaban J connectivity index is 1.72. The predicted octanol–water partition coefficient (Wildman–Crippen LogP) is 3.74. The zero-order chi connectivity index (χ0) is 19.6. The van der Waals surface area contributed by atoms with Gasteiger partial charge in [0.1, 0.15) is 5.82 Å². The number of carbonyl (C=O) groups excluding carboxylic acids is 1. The summed E-state index contributed by atoms with van der Waals surface area (Å²) in [6.07, 6.45) is 4.31. The molecule has 1 amide bonds. The van der Waals surface area contributed by atoms with Crippen LogP contribution in [0.25, 0.3) is 0 Å². The van der Waals surface area contributed by atoms with Crippen LogP contribution in [0.15, 0.2) is 30.5 Å². The number of halogens is 1. The van der Waals surface area contributed by atoms with Gasteiger partial charge >= 0.3 is 0 Å². The fourth-order valence-electron chi connectivity index (χ4n) is 3.75. The summed E-state index contributed by atoms with van der Waals surface area (Å²) >= 11 is 0. The Labute approximate surface area is 160 Å². The van der Waals surface area contributed by atoms with Crippen LogP contribution in [0.5, 0.6) is 0 Å². The largest absolute Gasteiger partial charge is 0.369 e. The molecule has 0 spiro atoms. The molecule has 1 fully saturated rings. The van der Waals surface area contributed by atoms with Crippen molar-refractivity contribution in [3.05, 3.63) is 47.5 Å². The second-order valence-corrected chi connectivity index (χ2v) is 8.18. The molecule has 0 saturated carbocycles. The number of anilines is 1. The van der Waals surface area contributed by atoms with Gasteiger partial charge in [-0.1, -0.05) is 13.0 Å². The van der Waals surface area contributed by atoms with Gasteiger partial charge in [-0.2, -0.15) is 5.10 Å². The Morgan fingerprint density at radius 3 is 2.81 bits per heavy atom. The average Bonchev–Trinajstić information content (AvgIpc) is 3.06. The fraction of sp³-hybridized carbons (Fsp3) is 0.524. The second kappa shape index (κ2) is 7.71. The normalized spacial score (nSPS) is 17.8. The molecule has 1 aliphatic rings. The lowest BCUT2D eigenvalue weighted by Crippen LogP contribution is -2.48. The molecule has 0 bridgehead atoms. The number of nitrogens with one attached hydrogen (secondary N) is 1. The van der Waals surface area contributed by atoms with Crippen LogP contribution in [0.3, 0.4) is 0 Å². The van der Waals surface area contributed by atoms with Crippen LogP contribution >= 0.6 is 0 Å². The van der Waals surface area contributed by atoms with E-state index >= 15 is 0 Å². The van der Waals surface area contributed by atoms with E-state index in [0.29, 0.717) is 12.1 Å². The van der Waals surface area contributed by atoms with Gasteiger partial charge < -0.3 is 10.2 Å². The van der Waals surface area contributed by atoms with Crippen molar-refractivity contribution in [3.8, 4) is 0 Å². The summed E-state index contributed by atoms with van der Waals surface area (Å²) in [4.78, 5) is 15.0. The summed E-state index contributed by atoms with van der Waals surface area (Å²) in [5.41, 5.74) is 2.31. The average molecular weight is 372 g/mol. The minimum Gasteiger partial charge on any atom is -0.369 e. The molecule has 146 valence electrons. The second-order valence-electron chi connectivity index (χ2n) is 8.18. The van der Waals surface area contributed by atoms with Gasteiger partial charge in [0.15, 0.2) is 0 Å². The van der Waals surface area contributed by atoms with Gasteiger partial charge in [0, 0.05) is 24.8 Å². The van der Waals surface area contributed by atoms with Crippen molar-refractivity contribution in [2.75, 3.05) is 18.0 Å². The maximum Gasteiger partial charge on any atom is 0.255 e. The van der Waals surface area contributed by atoms with E-state index in [-0.39, 0.29) is 23.3 Å². The minimum atomic E-state index is -0.235. The van der Waals surface area contributed by atoms with E-state index in [1.54, 1.807) is 18.3 Å². The van der Waals surface area contributed by atoms with Crippen molar-refractivity contribution in [2.45, 2.75) is 58.5 Å². The first-order valence-corrected chi connectivity index (χ1v) is 9.68. The van der Waals surface area contributed by atoms with Crippen LogP contribution in [0.4, 0.5) is 10.1 Å². The molecule has 3 rings (SSSR count). The SMILES string of the molecule is CCc1c(C(=O)NC2CCCN(c3cccc(F)c3)C2)cnn1C(C)(C)C. The van der Waals surface area contributed by atoms with Gasteiger partial charge in [-0.05, 0) is 58.2 Å². The number of carbonyl (C=O) groups is 1.